The van der Waals surface area contributed by atoms with Gasteiger partial charge in [0.2, 0.25) is 0 Å². The molecule has 1 heterocycles. The van der Waals surface area contributed by atoms with Gasteiger partial charge in [-0.3, -0.25) is 4.21 Å². The minimum Gasteiger partial charge on any atom is -0.493 e. The summed E-state index contributed by atoms with van der Waals surface area (Å²) in [5.74, 6) is 1.97. The zero-order valence-corrected chi connectivity index (χ0v) is 16.7. The molecule has 0 fully saturated rings. The van der Waals surface area contributed by atoms with E-state index in [9.17, 15) is 4.21 Å². The highest BCUT2D eigenvalue weighted by molar-refractivity contribution is 7.84. The molecule has 27 heavy (non-hydrogen) atoms. The molecule has 0 spiro atoms. The minimum absolute atomic E-state index is 0.251. The second-order valence-corrected chi connectivity index (χ2v) is 7.81. The van der Waals surface area contributed by atoms with Crippen molar-refractivity contribution in [1.82, 2.24) is 9.97 Å². The molecule has 0 saturated heterocycles. The summed E-state index contributed by atoms with van der Waals surface area (Å²) in [5, 5.41) is 4.19. The van der Waals surface area contributed by atoms with Crippen molar-refractivity contribution in [3.63, 3.8) is 0 Å². The standard InChI is InChI=1S/C20H23N3O3S/c1-13(2)23-20-16-9-18(25-3)19(10-17(16)21-12-22-20)26-11-14-6-5-7-15(8-14)27(4)24/h5-10,12-13H,11H2,1-4H3,(H,21,22,23). The van der Waals surface area contributed by atoms with E-state index in [1.165, 1.54) is 6.33 Å². The molecule has 0 amide bonds. The Balaban J connectivity index is 1.90. The number of anilines is 1. The highest BCUT2D eigenvalue weighted by Gasteiger charge is 2.12. The number of fused-ring (bicyclic) bond motifs is 1. The van der Waals surface area contributed by atoms with Gasteiger partial charge in [-0.05, 0) is 37.6 Å². The normalized spacial score (nSPS) is 12.2. The molecular weight excluding hydrogens is 362 g/mol. The van der Waals surface area contributed by atoms with Crippen molar-refractivity contribution in [1.29, 1.82) is 0 Å². The Kier molecular flexibility index (Phi) is 5.91. The van der Waals surface area contributed by atoms with E-state index in [2.05, 4.69) is 29.1 Å². The molecule has 0 aliphatic heterocycles. The summed E-state index contributed by atoms with van der Waals surface area (Å²) in [4.78, 5) is 9.45. The molecule has 0 saturated carbocycles. The first-order valence-corrected chi connectivity index (χ1v) is 10.2. The third kappa shape index (κ3) is 4.54. The molecular formula is C20H23N3O3S. The van der Waals surface area contributed by atoms with Crippen LogP contribution >= 0.6 is 0 Å². The number of hydrogen-bond donors (Lipinski definition) is 1. The molecule has 142 valence electrons. The zero-order valence-electron chi connectivity index (χ0n) is 15.9. The van der Waals surface area contributed by atoms with Crippen LogP contribution in [-0.4, -0.2) is 33.6 Å². The van der Waals surface area contributed by atoms with Crippen molar-refractivity contribution in [3.8, 4) is 11.5 Å². The number of methoxy groups -OCH3 is 1. The lowest BCUT2D eigenvalue weighted by atomic mass is 10.2. The van der Waals surface area contributed by atoms with Crippen LogP contribution in [0.5, 0.6) is 11.5 Å². The number of nitrogens with zero attached hydrogens (tertiary/aromatic N) is 2. The maximum absolute atomic E-state index is 11.7. The van der Waals surface area contributed by atoms with E-state index in [1.807, 2.05) is 36.4 Å². The molecule has 0 bridgehead atoms. The maximum Gasteiger partial charge on any atom is 0.163 e. The average Bonchev–Trinajstić information content (AvgIpc) is 2.65. The quantitative estimate of drug-likeness (QED) is 0.667. The van der Waals surface area contributed by atoms with Crippen LogP contribution in [-0.2, 0) is 17.4 Å². The summed E-state index contributed by atoms with van der Waals surface area (Å²) in [6.45, 7) is 4.45. The van der Waals surface area contributed by atoms with Crippen molar-refractivity contribution < 1.29 is 13.7 Å². The summed E-state index contributed by atoms with van der Waals surface area (Å²) in [6, 6.07) is 11.5. The Morgan fingerprint density at radius 1 is 1.15 bits per heavy atom. The first kappa shape index (κ1) is 19.1. The molecule has 0 aliphatic carbocycles. The number of benzene rings is 2. The molecule has 2 aromatic carbocycles. The summed E-state index contributed by atoms with van der Waals surface area (Å²) in [6.07, 6.45) is 3.19. The molecule has 3 aromatic rings. The van der Waals surface area contributed by atoms with Gasteiger partial charge in [0, 0.05) is 39.4 Å². The van der Waals surface area contributed by atoms with Crippen LogP contribution in [0.15, 0.2) is 47.6 Å². The zero-order chi connectivity index (χ0) is 19.4. The predicted octanol–water partition coefficient (Wildman–Crippen LogP) is 3.78. The van der Waals surface area contributed by atoms with Gasteiger partial charge in [-0.2, -0.15) is 0 Å². The number of aromatic nitrogens is 2. The first-order chi connectivity index (χ1) is 13.0. The molecule has 1 N–H and O–H groups in total. The highest BCUT2D eigenvalue weighted by atomic mass is 32.2. The lowest BCUT2D eigenvalue weighted by Crippen LogP contribution is -2.11. The Hall–Kier alpha value is -2.67. The van der Waals surface area contributed by atoms with E-state index in [1.54, 1.807) is 13.4 Å². The van der Waals surface area contributed by atoms with Gasteiger partial charge in [-0.15, -0.1) is 0 Å². The fourth-order valence-electron chi connectivity index (χ4n) is 2.70. The largest absolute Gasteiger partial charge is 0.493 e. The fraction of sp³-hybridized carbons (Fsp3) is 0.300. The third-order valence-corrected chi connectivity index (χ3v) is 4.89. The van der Waals surface area contributed by atoms with Gasteiger partial charge < -0.3 is 14.8 Å². The van der Waals surface area contributed by atoms with Gasteiger partial charge in [0.1, 0.15) is 18.8 Å². The van der Waals surface area contributed by atoms with E-state index in [4.69, 9.17) is 9.47 Å². The van der Waals surface area contributed by atoms with Crippen molar-refractivity contribution in [3.05, 3.63) is 48.3 Å². The Morgan fingerprint density at radius 3 is 2.67 bits per heavy atom. The number of nitrogens with one attached hydrogen (secondary N) is 1. The SMILES string of the molecule is COc1cc2c(NC(C)C)ncnc2cc1OCc1cccc(S(C)=O)c1. The summed E-state index contributed by atoms with van der Waals surface area (Å²) >= 11 is 0. The van der Waals surface area contributed by atoms with Crippen molar-refractivity contribution in [2.75, 3.05) is 18.7 Å². The van der Waals surface area contributed by atoms with Crippen LogP contribution in [0, 0.1) is 0 Å². The van der Waals surface area contributed by atoms with Crippen molar-refractivity contribution in [2.24, 2.45) is 0 Å². The van der Waals surface area contributed by atoms with E-state index in [0.29, 0.717) is 18.1 Å². The van der Waals surface area contributed by atoms with Crippen molar-refractivity contribution >= 4 is 27.5 Å². The molecule has 7 heteroatoms. The number of ether oxygens (including phenoxy) is 2. The first-order valence-electron chi connectivity index (χ1n) is 8.62. The van der Waals surface area contributed by atoms with Gasteiger partial charge in [0.15, 0.2) is 11.5 Å². The monoisotopic (exact) mass is 385 g/mol. The van der Waals surface area contributed by atoms with E-state index >= 15 is 0 Å². The van der Waals surface area contributed by atoms with Gasteiger partial charge >= 0.3 is 0 Å². The lowest BCUT2D eigenvalue weighted by molar-refractivity contribution is 0.285. The van der Waals surface area contributed by atoms with Gasteiger partial charge in [-0.25, -0.2) is 9.97 Å². The van der Waals surface area contributed by atoms with E-state index in [-0.39, 0.29) is 6.04 Å². The molecule has 6 nitrogen and oxygen atoms in total. The summed E-state index contributed by atoms with van der Waals surface area (Å²) < 4.78 is 23.1. The Bertz CT molecular complexity index is 976. The number of hydrogen-bond acceptors (Lipinski definition) is 6. The van der Waals surface area contributed by atoms with Crippen LogP contribution in [0.2, 0.25) is 0 Å². The topological polar surface area (TPSA) is 73.3 Å². The molecule has 1 unspecified atom stereocenters. The lowest BCUT2D eigenvalue weighted by Gasteiger charge is -2.15. The molecule has 0 aliphatic rings. The van der Waals surface area contributed by atoms with Gasteiger partial charge in [0.25, 0.3) is 0 Å². The second-order valence-electron chi connectivity index (χ2n) is 6.43. The molecule has 0 radical (unpaired) electrons. The van der Waals surface area contributed by atoms with Crippen LogP contribution in [0.1, 0.15) is 19.4 Å². The smallest absolute Gasteiger partial charge is 0.163 e. The van der Waals surface area contributed by atoms with E-state index < -0.39 is 10.8 Å². The van der Waals surface area contributed by atoms with Crippen LogP contribution < -0.4 is 14.8 Å². The molecule has 1 atom stereocenters. The summed E-state index contributed by atoms with van der Waals surface area (Å²) in [5.41, 5.74) is 1.71. The molecule has 1 aromatic heterocycles. The van der Waals surface area contributed by atoms with Crippen LogP contribution in [0.25, 0.3) is 10.9 Å². The minimum atomic E-state index is -1.02. The van der Waals surface area contributed by atoms with Crippen LogP contribution in [0.4, 0.5) is 5.82 Å². The maximum atomic E-state index is 11.7. The molecule has 3 rings (SSSR count). The predicted molar refractivity (Wildman–Crippen MR) is 108 cm³/mol. The van der Waals surface area contributed by atoms with Crippen molar-refractivity contribution in [2.45, 2.75) is 31.4 Å². The highest BCUT2D eigenvalue weighted by Crippen LogP contribution is 2.34. The van der Waals surface area contributed by atoms with E-state index in [0.717, 1.165) is 27.2 Å². The number of rotatable bonds is 7. The van der Waals surface area contributed by atoms with Gasteiger partial charge in [0.05, 0.1) is 12.6 Å². The summed E-state index contributed by atoms with van der Waals surface area (Å²) in [7, 11) is 0.582. The average molecular weight is 385 g/mol. The van der Waals surface area contributed by atoms with Crippen LogP contribution in [0.3, 0.4) is 0 Å². The second kappa shape index (κ2) is 8.35. The van der Waals surface area contributed by atoms with Gasteiger partial charge in [-0.1, -0.05) is 12.1 Å². The fourth-order valence-corrected chi connectivity index (χ4v) is 3.29. The third-order valence-electron chi connectivity index (χ3n) is 3.97. The Labute approximate surface area is 161 Å². The Morgan fingerprint density at radius 2 is 1.96 bits per heavy atom.